The van der Waals surface area contributed by atoms with E-state index in [4.69, 9.17) is 14.2 Å². The predicted molar refractivity (Wildman–Crippen MR) is 122 cm³/mol. The molecule has 2 aromatic carbocycles. The smallest absolute Gasteiger partial charge is 0.415 e. The highest BCUT2D eigenvalue weighted by Gasteiger charge is 2.57. The standard InChI is InChI=1S/C26H27NO6/c1-5-6-17-26(23(28)31-3,24(29)32-4)18(2)27-21(19-13-9-7-10-14-19)22(33-25(27)30)20-15-11-8-12-16-20/h5,7-16,21-22H,1-2,6,17H2,3-4H3/t21-,22+/m0/s1. The predicted octanol–water partition coefficient (Wildman–Crippen LogP) is 4.73. The summed E-state index contributed by atoms with van der Waals surface area (Å²) in [6.45, 7) is 7.72. The highest BCUT2D eigenvalue weighted by atomic mass is 16.6. The minimum absolute atomic E-state index is 0.0318. The number of hydrogen-bond donors (Lipinski definition) is 0. The topological polar surface area (TPSA) is 82.1 Å². The highest BCUT2D eigenvalue weighted by molar-refractivity contribution is 6.04. The Morgan fingerprint density at radius 1 is 1.00 bits per heavy atom. The van der Waals surface area contributed by atoms with Gasteiger partial charge in [0.15, 0.2) is 6.10 Å². The fourth-order valence-corrected chi connectivity index (χ4v) is 4.16. The Hall–Kier alpha value is -3.87. The van der Waals surface area contributed by atoms with Crippen molar-refractivity contribution in [1.82, 2.24) is 4.90 Å². The van der Waals surface area contributed by atoms with Gasteiger partial charge in [0, 0.05) is 5.70 Å². The Balaban J connectivity index is 2.18. The van der Waals surface area contributed by atoms with Crippen molar-refractivity contribution in [2.75, 3.05) is 14.2 Å². The number of hydrogen-bond acceptors (Lipinski definition) is 6. The second-order valence-corrected chi connectivity index (χ2v) is 7.60. The van der Waals surface area contributed by atoms with Crippen LogP contribution in [0.5, 0.6) is 0 Å². The van der Waals surface area contributed by atoms with Crippen LogP contribution in [-0.4, -0.2) is 37.2 Å². The zero-order valence-corrected chi connectivity index (χ0v) is 18.7. The third-order valence-electron chi connectivity index (χ3n) is 5.83. The number of amides is 1. The molecule has 0 radical (unpaired) electrons. The third kappa shape index (κ3) is 4.26. The van der Waals surface area contributed by atoms with Crippen LogP contribution in [0.15, 0.2) is 85.6 Å². The molecule has 0 N–H and O–H groups in total. The number of cyclic esters (lactones) is 1. The van der Waals surface area contributed by atoms with Gasteiger partial charge in [0.1, 0.15) is 6.04 Å². The van der Waals surface area contributed by atoms with Gasteiger partial charge >= 0.3 is 18.0 Å². The highest BCUT2D eigenvalue weighted by Crippen LogP contribution is 2.49. The Morgan fingerprint density at radius 2 is 1.52 bits per heavy atom. The van der Waals surface area contributed by atoms with Crippen LogP contribution in [0.1, 0.15) is 36.1 Å². The van der Waals surface area contributed by atoms with E-state index in [2.05, 4.69) is 13.2 Å². The van der Waals surface area contributed by atoms with Gasteiger partial charge in [-0.2, -0.15) is 0 Å². The Morgan fingerprint density at radius 3 is 2.00 bits per heavy atom. The van der Waals surface area contributed by atoms with Crippen LogP contribution in [0.25, 0.3) is 0 Å². The van der Waals surface area contributed by atoms with Crippen molar-refractivity contribution >= 4 is 18.0 Å². The van der Waals surface area contributed by atoms with Crippen LogP contribution in [0, 0.1) is 5.41 Å². The molecule has 33 heavy (non-hydrogen) atoms. The second-order valence-electron chi connectivity index (χ2n) is 7.60. The number of carbonyl (C=O) groups is 3. The van der Waals surface area contributed by atoms with Gasteiger partial charge in [0.05, 0.1) is 14.2 Å². The van der Waals surface area contributed by atoms with Crippen molar-refractivity contribution in [3.05, 3.63) is 96.7 Å². The maximum absolute atomic E-state index is 13.2. The van der Waals surface area contributed by atoms with E-state index in [0.717, 1.165) is 11.1 Å². The molecule has 1 aliphatic rings. The molecule has 0 aromatic heterocycles. The lowest BCUT2D eigenvalue weighted by Gasteiger charge is -2.36. The minimum atomic E-state index is -1.95. The summed E-state index contributed by atoms with van der Waals surface area (Å²) in [5, 5.41) is 0. The van der Waals surface area contributed by atoms with Crippen LogP contribution in [0.2, 0.25) is 0 Å². The van der Waals surface area contributed by atoms with Crippen molar-refractivity contribution in [3.63, 3.8) is 0 Å². The number of nitrogens with zero attached hydrogens (tertiary/aromatic N) is 1. The molecule has 2 atom stereocenters. The molecule has 0 spiro atoms. The monoisotopic (exact) mass is 449 g/mol. The van der Waals surface area contributed by atoms with Gasteiger partial charge in [-0.05, 0) is 24.0 Å². The maximum atomic E-state index is 13.2. The first-order valence-electron chi connectivity index (χ1n) is 10.5. The molecule has 0 unspecified atom stereocenters. The van der Waals surface area contributed by atoms with E-state index in [9.17, 15) is 14.4 Å². The molecule has 1 heterocycles. The number of carbonyl (C=O) groups excluding carboxylic acids is 3. The molecule has 1 amide bonds. The van der Waals surface area contributed by atoms with Crippen molar-refractivity contribution in [1.29, 1.82) is 0 Å². The molecule has 0 bridgehead atoms. The van der Waals surface area contributed by atoms with E-state index in [-0.39, 0.29) is 18.5 Å². The molecule has 0 aliphatic carbocycles. The Bertz CT molecular complexity index is 1020. The van der Waals surface area contributed by atoms with Crippen molar-refractivity contribution < 1.29 is 28.6 Å². The van der Waals surface area contributed by atoms with Gasteiger partial charge in [0.2, 0.25) is 5.41 Å². The molecule has 2 aromatic rings. The summed E-state index contributed by atoms with van der Waals surface area (Å²) in [4.78, 5) is 40.6. The first-order valence-corrected chi connectivity index (χ1v) is 10.5. The molecule has 7 heteroatoms. The molecular formula is C26H27NO6. The van der Waals surface area contributed by atoms with E-state index in [1.165, 1.54) is 19.1 Å². The fourth-order valence-electron chi connectivity index (χ4n) is 4.16. The number of esters is 2. The van der Waals surface area contributed by atoms with E-state index in [0.29, 0.717) is 0 Å². The second kappa shape index (κ2) is 10.2. The molecule has 172 valence electrons. The van der Waals surface area contributed by atoms with Crippen LogP contribution in [0.3, 0.4) is 0 Å². The third-order valence-corrected chi connectivity index (χ3v) is 5.83. The lowest BCUT2D eigenvalue weighted by atomic mass is 9.78. The Labute approximate surface area is 193 Å². The summed E-state index contributed by atoms with van der Waals surface area (Å²) >= 11 is 0. The van der Waals surface area contributed by atoms with Gasteiger partial charge in [-0.3, -0.25) is 14.5 Å². The molecule has 1 fully saturated rings. The quantitative estimate of drug-likeness (QED) is 0.238. The van der Waals surface area contributed by atoms with E-state index in [1.807, 2.05) is 60.7 Å². The van der Waals surface area contributed by atoms with E-state index >= 15 is 0 Å². The van der Waals surface area contributed by atoms with Gasteiger partial charge in [-0.1, -0.05) is 73.3 Å². The summed E-state index contributed by atoms with van der Waals surface area (Å²) in [7, 11) is 2.34. The normalized spacial score (nSPS) is 17.8. The van der Waals surface area contributed by atoms with Crippen molar-refractivity contribution in [3.8, 4) is 0 Å². The molecule has 7 nitrogen and oxygen atoms in total. The number of rotatable bonds is 9. The molecular weight excluding hydrogens is 422 g/mol. The van der Waals surface area contributed by atoms with E-state index in [1.54, 1.807) is 6.08 Å². The van der Waals surface area contributed by atoms with Crippen molar-refractivity contribution in [2.24, 2.45) is 5.41 Å². The molecule has 1 aliphatic heterocycles. The average molecular weight is 450 g/mol. The number of methoxy groups -OCH3 is 2. The first kappa shape index (κ1) is 23.8. The van der Waals surface area contributed by atoms with Crippen LogP contribution >= 0.6 is 0 Å². The molecule has 3 rings (SSSR count). The van der Waals surface area contributed by atoms with Crippen LogP contribution in [-0.2, 0) is 23.8 Å². The van der Waals surface area contributed by atoms with Crippen LogP contribution in [0.4, 0.5) is 4.79 Å². The lowest BCUT2D eigenvalue weighted by Crippen LogP contribution is -2.48. The summed E-state index contributed by atoms with van der Waals surface area (Å²) in [6, 6.07) is 17.8. The molecule has 0 saturated carbocycles. The Kier molecular flexibility index (Phi) is 7.33. The zero-order chi connectivity index (χ0) is 24.0. The summed E-state index contributed by atoms with van der Waals surface area (Å²) in [5.74, 6) is -1.74. The SMILES string of the molecule is C=CCCC(C(=C)N1C(=O)O[C@H](c2ccccc2)[C@@H]1c1ccccc1)(C(=O)OC)C(=O)OC. The number of ether oxygens (including phenoxy) is 3. The fraction of sp³-hybridized carbons (Fsp3) is 0.269. The summed E-state index contributed by atoms with van der Waals surface area (Å²) in [6.07, 6.45) is 0.404. The van der Waals surface area contributed by atoms with Gasteiger partial charge in [-0.25, -0.2) is 4.79 Å². The lowest BCUT2D eigenvalue weighted by molar-refractivity contribution is -0.167. The zero-order valence-electron chi connectivity index (χ0n) is 18.7. The summed E-state index contributed by atoms with van der Waals surface area (Å²) < 4.78 is 15.8. The molecule has 1 saturated heterocycles. The maximum Gasteiger partial charge on any atom is 0.415 e. The van der Waals surface area contributed by atoms with Crippen LogP contribution < -0.4 is 0 Å². The van der Waals surface area contributed by atoms with Gasteiger partial charge < -0.3 is 14.2 Å². The van der Waals surface area contributed by atoms with E-state index < -0.39 is 35.6 Å². The van der Waals surface area contributed by atoms with Gasteiger partial charge in [-0.15, -0.1) is 6.58 Å². The largest absolute Gasteiger partial charge is 0.468 e. The van der Waals surface area contributed by atoms with Crippen molar-refractivity contribution in [2.45, 2.75) is 25.0 Å². The summed E-state index contributed by atoms with van der Waals surface area (Å²) in [5.41, 5.74) is -0.496. The first-order chi connectivity index (χ1) is 15.9. The number of allylic oxidation sites excluding steroid dienone is 1. The minimum Gasteiger partial charge on any atom is -0.468 e. The number of benzene rings is 2. The van der Waals surface area contributed by atoms with Gasteiger partial charge in [0.25, 0.3) is 0 Å². The average Bonchev–Trinajstić information content (AvgIpc) is 3.21.